The van der Waals surface area contributed by atoms with Gasteiger partial charge in [-0.1, -0.05) is 47.1 Å². The molecule has 0 aromatic heterocycles. The number of nitrogens with zero attached hydrogens (tertiary/aromatic N) is 1. The summed E-state index contributed by atoms with van der Waals surface area (Å²) in [6.07, 6.45) is 1.67. The SMILES string of the molecule is CC1CCN(C2=C(S(=O)(=O)Nc3ccc(Br)cc3)C(=O)c3ccccc3C2=O)CC1. The lowest BCUT2D eigenvalue weighted by Crippen LogP contribution is -2.41. The van der Waals surface area contributed by atoms with E-state index in [0.29, 0.717) is 24.7 Å². The first kappa shape index (κ1) is 20.8. The molecule has 4 rings (SSSR count). The Bertz CT molecular complexity index is 1150. The van der Waals surface area contributed by atoms with Crippen LogP contribution in [0.4, 0.5) is 5.69 Å². The number of sulfonamides is 1. The van der Waals surface area contributed by atoms with Crippen molar-refractivity contribution in [2.24, 2.45) is 5.92 Å². The van der Waals surface area contributed by atoms with E-state index in [1.54, 1.807) is 47.4 Å². The summed E-state index contributed by atoms with van der Waals surface area (Å²) in [4.78, 5) is 27.9. The van der Waals surface area contributed by atoms with Crippen LogP contribution in [0.3, 0.4) is 0 Å². The van der Waals surface area contributed by atoms with Crippen molar-refractivity contribution in [1.82, 2.24) is 4.90 Å². The molecule has 1 saturated heterocycles. The van der Waals surface area contributed by atoms with Crippen LogP contribution in [-0.2, 0) is 10.0 Å². The fraction of sp³-hybridized carbons (Fsp3) is 0.273. The first-order valence-electron chi connectivity index (χ1n) is 9.74. The Labute approximate surface area is 184 Å². The van der Waals surface area contributed by atoms with E-state index in [1.165, 1.54) is 6.07 Å². The van der Waals surface area contributed by atoms with E-state index in [-0.39, 0.29) is 16.8 Å². The molecule has 30 heavy (non-hydrogen) atoms. The molecule has 1 heterocycles. The highest BCUT2D eigenvalue weighted by molar-refractivity contribution is 9.10. The van der Waals surface area contributed by atoms with Crippen molar-refractivity contribution in [3.05, 3.63) is 74.7 Å². The zero-order valence-electron chi connectivity index (χ0n) is 16.4. The minimum Gasteiger partial charge on any atom is -0.367 e. The van der Waals surface area contributed by atoms with Crippen molar-refractivity contribution in [2.75, 3.05) is 17.8 Å². The van der Waals surface area contributed by atoms with E-state index in [0.717, 1.165) is 17.3 Å². The Morgan fingerprint density at radius 3 is 2.10 bits per heavy atom. The Balaban J connectivity index is 1.84. The second kappa shape index (κ2) is 8.00. The van der Waals surface area contributed by atoms with Gasteiger partial charge in [0.1, 0.15) is 5.70 Å². The number of benzene rings is 2. The van der Waals surface area contributed by atoms with Gasteiger partial charge in [0.25, 0.3) is 10.0 Å². The zero-order chi connectivity index (χ0) is 21.5. The molecule has 8 heteroatoms. The molecule has 0 atom stereocenters. The van der Waals surface area contributed by atoms with E-state index in [1.807, 2.05) is 0 Å². The number of allylic oxidation sites excluding steroid dienone is 2. The standard InChI is InChI=1S/C22H21BrN2O4S/c1-14-10-12-25(13-11-14)19-20(26)17-4-2-3-5-18(17)21(27)22(19)30(28,29)24-16-8-6-15(23)7-9-16/h2-9,14,24H,10-13H2,1H3. The van der Waals surface area contributed by atoms with Gasteiger partial charge in [0, 0.05) is 34.4 Å². The van der Waals surface area contributed by atoms with Crippen molar-refractivity contribution < 1.29 is 18.0 Å². The number of carbonyl (C=O) groups is 2. The van der Waals surface area contributed by atoms with Gasteiger partial charge in [0.15, 0.2) is 4.91 Å². The van der Waals surface area contributed by atoms with Crippen LogP contribution in [0.5, 0.6) is 0 Å². The smallest absolute Gasteiger partial charge is 0.268 e. The number of Topliss-reactive ketones (excluding diaryl/α,β-unsaturated/α-hetero) is 2. The first-order chi connectivity index (χ1) is 14.3. The van der Waals surface area contributed by atoms with Crippen molar-refractivity contribution in [1.29, 1.82) is 0 Å². The second-order valence-electron chi connectivity index (χ2n) is 7.66. The van der Waals surface area contributed by atoms with Gasteiger partial charge >= 0.3 is 0 Å². The van der Waals surface area contributed by atoms with Gasteiger partial charge in [-0.25, -0.2) is 8.42 Å². The van der Waals surface area contributed by atoms with Gasteiger partial charge in [-0.15, -0.1) is 0 Å². The number of nitrogens with one attached hydrogen (secondary N) is 1. The topological polar surface area (TPSA) is 83.6 Å². The molecule has 0 spiro atoms. The third kappa shape index (κ3) is 3.81. The number of hydrogen-bond donors (Lipinski definition) is 1. The van der Waals surface area contributed by atoms with Crippen molar-refractivity contribution in [3.8, 4) is 0 Å². The lowest BCUT2D eigenvalue weighted by molar-refractivity contribution is 0.0933. The monoisotopic (exact) mass is 488 g/mol. The maximum absolute atomic E-state index is 13.3. The minimum absolute atomic E-state index is 0.0183. The minimum atomic E-state index is -4.28. The molecular weight excluding hydrogens is 468 g/mol. The average Bonchev–Trinajstić information content (AvgIpc) is 2.72. The molecule has 0 radical (unpaired) electrons. The molecule has 1 aliphatic carbocycles. The fourth-order valence-electron chi connectivity index (χ4n) is 3.83. The fourth-order valence-corrected chi connectivity index (χ4v) is 5.48. The summed E-state index contributed by atoms with van der Waals surface area (Å²) in [6.45, 7) is 3.20. The number of likely N-dealkylation sites (tertiary alicyclic amines) is 1. The molecule has 0 amide bonds. The van der Waals surface area contributed by atoms with Crippen LogP contribution in [0.2, 0.25) is 0 Å². The van der Waals surface area contributed by atoms with E-state index in [4.69, 9.17) is 0 Å². The third-order valence-corrected chi connectivity index (χ3v) is 7.47. The van der Waals surface area contributed by atoms with Gasteiger partial charge in [0.2, 0.25) is 11.6 Å². The van der Waals surface area contributed by atoms with Crippen LogP contribution in [-0.4, -0.2) is 38.0 Å². The maximum atomic E-state index is 13.3. The number of fused-ring (bicyclic) bond motifs is 1. The Hall–Kier alpha value is -2.45. The number of halogens is 1. The van der Waals surface area contributed by atoms with Crippen LogP contribution in [0.1, 0.15) is 40.5 Å². The molecule has 0 unspecified atom stereocenters. The normalized spacial score (nSPS) is 17.9. The van der Waals surface area contributed by atoms with E-state index < -0.39 is 26.5 Å². The highest BCUT2D eigenvalue weighted by Crippen LogP contribution is 2.34. The summed E-state index contributed by atoms with van der Waals surface area (Å²) < 4.78 is 30.0. The van der Waals surface area contributed by atoms with Crippen molar-refractivity contribution in [3.63, 3.8) is 0 Å². The van der Waals surface area contributed by atoms with E-state index in [9.17, 15) is 18.0 Å². The van der Waals surface area contributed by atoms with Crippen LogP contribution in [0, 0.1) is 5.92 Å². The highest BCUT2D eigenvalue weighted by atomic mass is 79.9. The quantitative estimate of drug-likeness (QED) is 0.696. The van der Waals surface area contributed by atoms with Crippen LogP contribution >= 0.6 is 15.9 Å². The molecule has 0 bridgehead atoms. The number of piperidine rings is 1. The molecule has 2 aliphatic rings. The van der Waals surface area contributed by atoms with Crippen molar-refractivity contribution in [2.45, 2.75) is 19.8 Å². The average molecular weight is 489 g/mol. The molecular formula is C22H21BrN2O4S. The summed E-state index contributed by atoms with van der Waals surface area (Å²) in [5.74, 6) is -0.580. The predicted molar refractivity (Wildman–Crippen MR) is 119 cm³/mol. The van der Waals surface area contributed by atoms with Gasteiger partial charge in [-0.2, -0.15) is 0 Å². The molecule has 0 saturated carbocycles. The number of carbonyl (C=O) groups excluding carboxylic acids is 2. The summed E-state index contributed by atoms with van der Waals surface area (Å²) in [5, 5.41) is 0. The Morgan fingerprint density at radius 2 is 1.50 bits per heavy atom. The maximum Gasteiger partial charge on any atom is 0.268 e. The number of hydrogen-bond acceptors (Lipinski definition) is 5. The number of rotatable bonds is 4. The molecule has 2 aromatic carbocycles. The summed E-state index contributed by atoms with van der Waals surface area (Å²) >= 11 is 3.31. The molecule has 1 N–H and O–H groups in total. The predicted octanol–water partition coefficient (Wildman–Crippen LogP) is 4.21. The molecule has 156 valence electrons. The van der Waals surface area contributed by atoms with Gasteiger partial charge < -0.3 is 4.90 Å². The summed E-state index contributed by atoms with van der Waals surface area (Å²) in [5.41, 5.74) is 0.665. The number of anilines is 1. The molecule has 1 fully saturated rings. The van der Waals surface area contributed by atoms with Crippen LogP contribution in [0.15, 0.2) is 63.6 Å². The summed E-state index contributed by atoms with van der Waals surface area (Å²) in [7, 11) is -4.28. The zero-order valence-corrected chi connectivity index (χ0v) is 18.8. The van der Waals surface area contributed by atoms with E-state index in [2.05, 4.69) is 27.6 Å². The van der Waals surface area contributed by atoms with Gasteiger partial charge in [-0.3, -0.25) is 14.3 Å². The lowest BCUT2D eigenvalue weighted by atomic mass is 9.90. The van der Waals surface area contributed by atoms with Gasteiger partial charge in [0.05, 0.1) is 0 Å². The van der Waals surface area contributed by atoms with E-state index >= 15 is 0 Å². The van der Waals surface area contributed by atoms with Crippen LogP contribution in [0.25, 0.3) is 0 Å². The first-order valence-corrected chi connectivity index (χ1v) is 12.0. The molecule has 1 aliphatic heterocycles. The molecule has 2 aromatic rings. The lowest BCUT2D eigenvalue weighted by Gasteiger charge is -2.35. The highest BCUT2D eigenvalue weighted by Gasteiger charge is 2.42. The van der Waals surface area contributed by atoms with Crippen molar-refractivity contribution >= 4 is 43.2 Å². The Morgan fingerprint density at radius 1 is 0.933 bits per heavy atom. The second-order valence-corrected chi connectivity index (χ2v) is 10.2. The van der Waals surface area contributed by atoms with Gasteiger partial charge in [-0.05, 0) is 43.0 Å². The van der Waals surface area contributed by atoms with Crippen LogP contribution < -0.4 is 4.72 Å². The Kier molecular flexibility index (Phi) is 5.55. The molecule has 6 nitrogen and oxygen atoms in total. The largest absolute Gasteiger partial charge is 0.367 e. The number of ketones is 2. The third-order valence-electron chi connectivity index (χ3n) is 5.52. The summed E-state index contributed by atoms with van der Waals surface area (Å²) in [6, 6.07) is 13.0.